The van der Waals surface area contributed by atoms with Crippen molar-refractivity contribution >= 4 is 5.91 Å². The summed E-state index contributed by atoms with van der Waals surface area (Å²) in [6.07, 6.45) is 0.208. The highest BCUT2D eigenvalue weighted by Crippen LogP contribution is 2.29. The summed E-state index contributed by atoms with van der Waals surface area (Å²) in [6.45, 7) is 9.21. The minimum Gasteiger partial charge on any atom is -0.481 e. The van der Waals surface area contributed by atoms with E-state index in [1.165, 1.54) is 11.1 Å². The second-order valence-electron chi connectivity index (χ2n) is 8.92. The highest BCUT2D eigenvalue weighted by molar-refractivity contribution is 5.81. The van der Waals surface area contributed by atoms with Crippen LogP contribution in [-0.4, -0.2) is 48.0 Å². The second kappa shape index (κ2) is 10.7. The van der Waals surface area contributed by atoms with E-state index in [2.05, 4.69) is 85.5 Å². The number of hydrogen-bond donors (Lipinski definition) is 0. The van der Waals surface area contributed by atoms with Crippen molar-refractivity contribution in [1.29, 1.82) is 0 Å². The van der Waals surface area contributed by atoms with Crippen LogP contribution in [0, 0.1) is 13.8 Å². The van der Waals surface area contributed by atoms with E-state index in [4.69, 9.17) is 4.74 Å². The highest BCUT2D eigenvalue weighted by atomic mass is 16.5. The third kappa shape index (κ3) is 5.63. The third-order valence-corrected chi connectivity index (χ3v) is 6.34. The maximum Gasteiger partial charge on any atom is 0.263 e. The standard InChI is InChI=1S/C29H34N2O2/c1-4-27(33-26-20-22(2)19-23(3)21-26)29(32)31-17-15-30(16-18-31)28(24-11-7-5-8-12-24)25-13-9-6-10-14-25/h5-14,19-21,27-28H,4,15-18H2,1-3H3/t27-/m0/s1. The lowest BCUT2D eigenvalue weighted by atomic mass is 9.96. The number of hydrogen-bond acceptors (Lipinski definition) is 3. The fourth-order valence-electron chi connectivity index (χ4n) is 4.76. The van der Waals surface area contributed by atoms with Crippen LogP contribution in [0.4, 0.5) is 0 Å². The Morgan fingerprint density at radius 1 is 0.818 bits per heavy atom. The van der Waals surface area contributed by atoms with Crippen LogP contribution in [0.15, 0.2) is 78.9 Å². The number of nitrogens with zero attached hydrogens (tertiary/aromatic N) is 2. The van der Waals surface area contributed by atoms with Gasteiger partial charge in [0.25, 0.3) is 5.91 Å². The smallest absolute Gasteiger partial charge is 0.263 e. The molecule has 0 unspecified atom stereocenters. The Hall–Kier alpha value is -3.11. The maximum atomic E-state index is 13.3. The van der Waals surface area contributed by atoms with E-state index >= 15 is 0 Å². The molecule has 172 valence electrons. The third-order valence-electron chi connectivity index (χ3n) is 6.34. The van der Waals surface area contributed by atoms with Gasteiger partial charge in [-0.3, -0.25) is 9.69 Å². The molecule has 1 atom stereocenters. The number of ether oxygens (including phenoxy) is 1. The molecule has 3 aromatic carbocycles. The first kappa shape index (κ1) is 23.1. The Morgan fingerprint density at radius 2 is 1.33 bits per heavy atom. The van der Waals surface area contributed by atoms with Crippen molar-refractivity contribution in [3.63, 3.8) is 0 Å². The molecule has 1 amide bonds. The molecule has 0 aromatic heterocycles. The molecule has 1 aliphatic heterocycles. The molecule has 33 heavy (non-hydrogen) atoms. The van der Waals surface area contributed by atoms with Crippen LogP contribution in [0.25, 0.3) is 0 Å². The van der Waals surface area contributed by atoms with Gasteiger partial charge in [-0.15, -0.1) is 0 Å². The molecule has 0 spiro atoms. The van der Waals surface area contributed by atoms with Gasteiger partial charge in [0.1, 0.15) is 5.75 Å². The maximum absolute atomic E-state index is 13.3. The number of carbonyl (C=O) groups is 1. The van der Waals surface area contributed by atoms with Crippen LogP contribution in [0.2, 0.25) is 0 Å². The first-order chi connectivity index (χ1) is 16.0. The van der Waals surface area contributed by atoms with Crippen molar-refractivity contribution in [2.24, 2.45) is 0 Å². The first-order valence-electron chi connectivity index (χ1n) is 11.9. The van der Waals surface area contributed by atoms with Crippen LogP contribution >= 0.6 is 0 Å². The van der Waals surface area contributed by atoms with Crippen molar-refractivity contribution in [2.45, 2.75) is 39.3 Å². The monoisotopic (exact) mass is 442 g/mol. The molecule has 1 fully saturated rings. The number of rotatable bonds is 7. The van der Waals surface area contributed by atoms with Gasteiger partial charge < -0.3 is 9.64 Å². The van der Waals surface area contributed by atoms with E-state index in [0.29, 0.717) is 19.5 Å². The summed E-state index contributed by atoms with van der Waals surface area (Å²) in [4.78, 5) is 17.8. The average Bonchev–Trinajstić information content (AvgIpc) is 2.83. The molecule has 0 radical (unpaired) electrons. The largest absolute Gasteiger partial charge is 0.481 e. The van der Waals surface area contributed by atoms with Crippen molar-refractivity contribution in [2.75, 3.05) is 26.2 Å². The van der Waals surface area contributed by atoms with Crippen molar-refractivity contribution in [3.05, 3.63) is 101 Å². The predicted octanol–water partition coefficient (Wildman–Crippen LogP) is 5.39. The minimum absolute atomic E-state index is 0.0901. The Bertz CT molecular complexity index is 984. The minimum atomic E-state index is -0.447. The summed E-state index contributed by atoms with van der Waals surface area (Å²) in [6, 6.07) is 27.6. The Balaban J connectivity index is 1.44. The highest BCUT2D eigenvalue weighted by Gasteiger charge is 2.31. The van der Waals surface area contributed by atoms with Crippen LogP contribution in [0.5, 0.6) is 5.75 Å². The summed E-state index contributed by atoms with van der Waals surface area (Å²) in [5.74, 6) is 0.867. The molecule has 0 N–H and O–H groups in total. The molecule has 1 heterocycles. The zero-order chi connectivity index (χ0) is 23.2. The van der Waals surface area contributed by atoms with Gasteiger partial charge in [-0.25, -0.2) is 0 Å². The molecule has 0 bridgehead atoms. The SMILES string of the molecule is CC[C@H](Oc1cc(C)cc(C)c1)C(=O)N1CCN(C(c2ccccc2)c2ccccc2)CC1. The number of piperazine rings is 1. The molecule has 0 aliphatic carbocycles. The van der Waals surface area contributed by atoms with Gasteiger partial charge in [0, 0.05) is 26.2 Å². The predicted molar refractivity (Wildman–Crippen MR) is 134 cm³/mol. The zero-order valence-electron chi connectivity index (χ0n) is 19.9. The average molecular weight is 443 g/mol. The topological polar surface area (TPSA) is 32.8 Å². The summed E-state index contributed by atoms with van der Waals surface area (Å²) in [7, 11) is 0. The molecular weight excluding hydrogens is 408 g/mol. The molecule has 4 nitrogen and oxygen atoms in total. The van der Waals surface area contributed by atoms with Crippen molar-refractivity contribution < 1.29 is 9.53 Å². The molecule has 0 saturated carbocycles. The second-order valence-corrected chi connectivity index (χ2v) is 8.92. The van der Waals surface area contributed by atoms with Crippen LogP contribution in [-0.2, 0) is 4.79 Å². The van der Waals surface area contributed by atoms with E-state index < -0.39 is 6.10 Å². The van der Waals surface area contributed by atoms with Crippen LogP contribution < -0.4 is 4.74 Å². The van der Waals surface area contributed by atoms with Gasteiger partial charge in [0.2, 0.25) is 0 Å². The molecule has 3 aromatic rings. The van der Waals surface area contributed by atoms with Gasteiger partial charge in [0.15, 0.2) is 6.10 Å². The van der Waals surface area contributed by atoms with Gasteiger partial charge in [0.05, 0.1) is 6.04 Å². The normalized spacial score (nSPS) is 15.5. The van der Waals surface area contributed by atoms with E-state index in [1.807, 2.05) is 24.0 Å². The molecule has 1 saturated heterocycles. The van der Waals surface area contributed by atoms with E-state index in [9.17, 15) is 4.79 Å². The van der Waals surface area contributed by atoms with Crippen molar-refractivity contribution in [1.82, 2.24) is 9.80 Å². The molecular formula is C29H34N2O2. The van der Waals surface area contributed by atoms with Gasteiger partial charge in [-0.2, -0.15) is 0 Å². The van der Waals surface area contributed by atoms with Crippen molar-refractivity contribution in [3.8, 4) is 5.75 Å². The lowest BCUT2D eigenvalue weighted by Crippen LogP contribution is -2.53. The zero-order valence-corrected chi connectivity index (χ0v) is 19.9. The van der Waals surface area contributed by atoms with Gasteiger partial charge >= 0.3 is 0 Å². The number of carbonyl (C=O) groups excluding carboxylic acids is 1. The summed E-state index contributed by atoms with van der Waals surface area (Å²) < 4.78 is 6.15. The van der Waals surface area contributed by atoms with Gasteiger partial charge in [-0.05, 0) is 54.7 Å². The molecule has 4 heteroatoms. The Kier molecular flexibility index (Phi) is 7.46. The van der Waals surface area contributed by atoms with E-state index in [0.717, 1.165) is 30.0 Å². The molecule has 1 aliphatic rings. The van der Waals surface area contributed by atoms with E-state index in [1.54, 1.807) is 0 Å². The quantitative estimate of drug-likeness (QED) is 0.491. The summed E-state index contributed by atoms with van der Waals surface area (Å²) in [5.41, 5.74) is 4.86. The molecule has 4 rings (SSSR count). The Morgan fingerprint density at radius 3 is 1.82 bits per heavy atom. The number of aryl methyl sites for hydroxylation is 2. The Labute approximate surface area is 197 Å². The van der Waals surface area contributed by atoms with Crippen LogP contribution in [0.3, 0.4) is 0 Å². The fraction of sp³-hybridized carbons (Fsp3) is 0.345. The first-order valence-corrected chi connectivity index (χ1v) is 11.9. The number of amides is 1. The van der Waals surface area contributed by atoms with E-state index in [-0.39, 0.29) is 11.9 Å². The summed E-state index contributed by atoms with van der Waals surface area (Å²) in [5, 5.41) is 0. The summed E-state index contributed by atoms with van der Waals surface area (Å²) >= 11 is 0. The van der Waals surface area contributed by atoms with Gasteiger partial charge in [-0.1, -0.05) is 73.7 Å². The lowest BCUT2D eigenvalue weighted by Gasteiger charge is -2.40. The lowest BCUT2D eigenvalue weighted by molar-refractivity contribution is -0.140. The van der Waals surface area contributed by atoms with Crippen LogP contribution in [0.1, 0.15) is 41.6 Å². The number of benzene rings is 3. The fourth-order valence-corrected chi connectivity index (χ4v) is 4.76.